The molecule has 1 aliphatic heterocycles. The fourth-order valence-electron chi connectivity index (χ4n) is 6.31. The van der Waals surface area contributed by atoms with Gasteiger partial charge in [-0.1, -0.05) is 61.7 Å². The van der Waals surface area contributed by atoms with Gasteiger partial charge in [-0.15, -0.1) is 0 Å². The van der Waals surface area contributed by atoms with E-state index < -0.39 is 5.92 Å². The summed E-state index contributed by atoms with van der Waals surface area (Å²) in [5.74, 6) is -1.41. The van der Waals surface area contributed by atoms with E-state index in [2.05, 4.69) is 16.0 Å². The Balaban J connectivity index is 1.18. The van der Waals surface area contributed by atoms with E-state index in [1.165, 1.54) is 18.6 Å². The summed E-state index contributed by atoms with van der Waals surface area (Å²) in [7, 11) is 0. The molecule has 3 aromatic rings. The molecule has 5 nitrogen and oxygen atoms in total. The first-order chi connectivity index (χ1) is 19.9. The molecule has 1 saturated carbocycles. The Morgan fingerprint density at radius 3 is 2.46 bits per heavy atom. The molecule has 0 radical (unpaired) electrons. The van der Waals surface area contributed by atoms with Crippen LogP contribution in [0.5, 0.6) is 0 Å². The van der Waals surface area contributed by atoms with Crippen molar-refractivity contribution in [1.82, 2.24) is 10.6 Å². The second kappa shape index (κ2) is 13.3. The van der Waals surface area contributed by atoms with Gasteiger partial charge in [0.05, 0.1) is 11.8 Å². The number of amides is 2. The lowest BCUT2D eigenvalue weighted by Gasteiger charge is -2.30. The maximum absolute atomic E-state index is 14.9. The van der Waals surface area contributed by atoms with Crippen LogP contribution in [-0.4, -0.2) is 31.4 Å². The zero-order chi connectivity index (χ0) is 28.8. The normalized spacial score (nSPS) is 18.2. The summed E-state index contributed by atoms with van der Waals surface area (Å²) < 4.78 is 28.7. The molecule has 0 aromatic heterocycles. The van der Waals surface area contributed by atoms with Gasteiger partial charge in [0.2, 0.25) is 11.8 Å². The quantitative estimate of drug-likeness (QED) is 0.257. The highest BCUT2D eigenvalue weighted by Crippen LogP contribution is 2.34. The second-order valence-electron chi connectivity index (χ2n) is 11.5. The van der Waals surface area contributed by atoms with E-state index in [4.69, 9.17) is 0 Å². The lowest BCUT2D eigenvalue weighted by Crippen LogP contribution is -2.44. The Labute approximate surface area is 241 Å². The lowest BCUT2D eigenvalue weighted by molar-refractivity contribution is -0.128. The third-order valence-corrected chi connectivity index (χ3v) is 8.81. The molecule has 2 aliphatic rings. The van der Waals surface area contributed by atoms with Gasteiger partial charge in [-0.25, -0.2) is 8.78 Å². The highest BCUT2D eigenvalue weighted by atomic mass is 19.1. The summed E-state index contributed by atoms with van der Waals surface area (Å²) in [5, 5.41) is 9.42. The SMILES string of the molecule is CC(C(=O)NCC(C(=O)NCCC1CNc2ccc(F)cc21)C1CCCCC1)c1ccc(-c2ccccc2)c(F)c1. The van der Waals surface area contributed by atoms with Crippen LogP contribution in [0.25, 0.3) is 11.1 Å². The molecule has 7 heteroatoms. The first-order valence-electron chi connectivity index (χ1n) is 14.8. The number of fused-ring (bicyclic) bond motifs is 1. The number of halogens is 2. The van der Waals surface area contributed by atoms with Gasteiger partial charge in [0.1, 0.15) is 11.6 Å². The zero-order valence-corrected chi connectivity index (χ0v) is 23.6. The molecule has 3 unspecified atom stereocenters. The van der Waals surface area contributed by atoms with Crippen LogP contribution in [0.1, 0.15) is 68.4 Å². The summed E-state index contributed by atoms with van der Waals surface area (Å²) >= 11 is 0. The molecule has 0 bridgehead atoms. The topological polar surface area (TPSA) is 70.2 Å². The van der Waals surface area contributed by atoms with Crippen molar-refractivity contribution in [3.63, 3.8) is 0 Å². The van der Waals surface area contributed by atoms with E-state index in [1.807, 2.05) is 30.3 Å². The average molecular weight is 560 g/mol. The lowest BCUT2D eigenvalue weighted by atomic mass is 9.79. The van der Waals surface area contributed by atoms with Crippen molar-refractivity contribution in [1.29, 1.82) is 0 Å². The van der Waals surface area contributed by atoms with E-state index in [9.17, 15) is 18.4 Å². The van der Waals surface area contributed by atoms with E-state index in [0.29, 0.717) is 24.1 Å². The van der Waals surface area contributed by atoms with Crippen LogP contribution in [0.15, 0.2) is 66.7 Å². The molecule has 41 heavy (non-hydrogen) atoms. The molecule has 3 N–H and O–H groups in total. The van der Waals surface area contributed by atoms with Gasteiger partial charge < -0.3 is 16.0 Å². The van der Waals surface area contributed by atoms with E-state index >= 15 is 0 Å². The van der Waals surface area contributed by atoms with Crippen LogP contribution in [0, 0.1) is 23.5 Å². The van der Waals surface area contributed by atoms with Crippen molar-refractivity contribution >= 4 is 17.5 Å². The molecule has 3 atom stereocenters. The third kappa shape index (κ3) is 6.95. The molecule has 216 valence electrons. The molecule has 0 spiro atoms. The first-order valence-corrected chi connectivity index (χ1v) is 14.8. The summed E-state index contributed by atoms with van der Waals surface area (Å²) in [4.78, 5) is 26.5. The number of hydrogen-bond donors (Lipinski definition) is 3. The fraction of sp³-hybridized carbons (Fsp3) is 0.412. The Morgan fingerprint density at radius 2 is 1.71 bits per heavy atom. The minimum atomic E-state index is -0.556. The van der Waals surface area contributed by atoms with E-state index in [-0.39, 0.29) is 47.7 Å². The number of carbonyl (C=O) groups is 2. The van der Waals surface area contributed by atoms with Crippen molar-refractivity contribution < 1.29 is 18.4 Å². The number of benzene rings is 3. The highest BCUT2D eigenvalue weighted by Gasteiger charge is 2.31. The number of hydrogen-bond acceptors (Lipinski definition) is 3. The summed E-state index contributed by atoms with van der Waals surface area (Å²) in [6.07, 6.45) is 5.98. The predicted octanol–water partition coefficient (Wildman–Crippen LogP) is 6.76. The highest BCUT2D eigenvalue weighted by molar-refractivity contribution is 5.85. The van der Waals surface area contributed by atoms with Crippen LogP contribution in [0.3, 0.4) is 0 Å². The van der Waals surface area contributed by atoms with Crippen LogP contribution in [0.2, 0.25) is 0 Å². The van der Waals surface area contributed by atoms with Gasteiger partial charge in [-0.3, -0.25) is 9.59 Å². The molecule has 1 heterocycles. The van der Waals surface area contributed by atoms with Gasteiger partial charge in [0.15, 0.2) is 0 Å². The van der Waals surface area contributed by atoms with Crippen LogP contribution in [0.4, 0.5) is 14.5 Å². The Morgan fingerprint density at radius 1 is 0.927 bits per heavy atom. The van der Waals surface area contributed by atoms with E-state index in [0.717, 1.165) is 49.0 Å². The Bertz CT molecular complexity index is 1360. The Hall–Kier alpha value is -3.74. The van der Waals surface area contributed by atoms with Gasteiger partial charge in [-0.05, 0) is 73.1 Å². The van der Waals surface area contributed by atoms with Crippen LogP contribution >= 0.6 is 0 Å². The summed E-state index contributed by atoms with van der Waals surface area (Å²) in [6, 6.07) is 19.1. The second-order valence-corrected chi connectivity index (χ2v) is 11.5. The molecule has 2 amide bonds. The zero-order valence-electron chi connectivity index (χ0n) is 23.6. The van der Waals surface area contributed by atoms with Gasteiger partial charge in [0, 0.05) is 36.8 Å². The van der Waals surface area contributed by atoms with E-state index in [1.54, 1.807) is 31.2 Å². The van der Waals surface area contributed by atoms with Crippen molar-refractivity contribution in [3.8, 4) is 11.1 Å². The minimum Gasteiger partial charge on any atom is -0.384 e. The fourth-order valence-corrected chi connectivity index (χ4v) is 6.31. The maximum Gasteiger partial charge on any atom is 0.227 e. The average Bonchev–Trinajstić information content (AvgIpc) is 3.39. The number of anilines is 1. The van der Waals surface area contributed by atoms with Gasteiger partial charge in [0.25, 0.3) is 0 Å². The van der Waals surface area contributed by atoms with Crippen molar-refractivity contribution in [3.05, 3.63) is 89.5 Å². The van der Waals surface area contributed by atoms with Crippen molar-refractivity contribution in [2.45, 2.75) is 57.3 Å². The minimum absolute atomic E-state index is 0.0477. The molecule has 0 saturated heterocycles. The summed E-state index contributed by atoms with van der Waals surface area (Å²) in [6.45, 7) is 3.23. The molecule has 5 rings (SSSR count). The van der Waals surface area contributed by atoms with Crippen LogP contribution in [-0.2, 0) is 9.59 Å². The van der Waals surface area contributed by atoms with Gasteiger partial charge in [-0.2, -0.15) is 0 Å². The molecule has 3 aromatic carbocycles. The molecular weight excluding hydrogens is 520 g/mol. The standard InChI is InChI=1S/C34H39F2N3O2/c1-22(25-12-14-28(31(36)18-25)23-8-4-2-5-9-23)33(40)39-21-30(24-10-6-3-7-11-24)34(41)37-17-16-26-20-38-32-15-13-27(35)19-29(26)32/h2,4-5,8-9,12-15,18-19,22,24,26,30,38H,3,6-7,10-11,16-17,20-21H2,1H3,(H,37,41)(H,39,40). The van der Waals surface area contributed by atoms with Crippen LogP contribution < -0.4 is 16.0 Å². The monoisotopic (exact) mass is 559 g/mol. The Kier molecular flexibility index (Phi) is 9.32. The van der Waals surface area contributed by atoms with Crippen molar-refractivity contribution in [2.75, 3.05) is 25.0 Å². The smallest absolute Gasteiger partial charge is 0.227 e. The first kappa shape index (κ1) is 28.8. The maximum atomic E-state index is 14.9. The number of rotatable bonds is 10. The summed E-state index contributed by atoms with van der Waals surface area (Å²) in [5.41, 5.74) is 3.79. The largest absolute Gasteiger partial charge is 0.384 e. The van der Waals surface area contributed by atoms with Crippen molar-refractivity contribution in [2.24, 2.45) is 11.8 Å². The third-order valence-electron chi connectivity index (χ3n) is 8.81. The predicted molar refractivity (Wildman–Crippen MR) is 159 cm³/mol. The molecular formula is C34H39F2N3O2. The molecule has 1 aliphatic carbocycles. The number of nitrogens with one attached hydrogen (secondary N) is 3. The van der Waals surface area contributed by atoms with Gasteiger partial charge >= 0.3 is 0 Å². The molecule has 1 fully saturated rings. The number of carbonyl (C=O) groups excluding carboxylic acids is 2.